The maximum atomic E-state index is 12.6. The van der Waals surface area contributed by atoms with Gasteiger partial charge in [0.15, 0.2) is 0 Å². The zero-order valence-electron chi connectivity index (χ0n) is 26.9. The quantitative estimate of drug-likeness (QED) is 0.124. The summed E-state index contributed by atoms with van der Waals surface area (Å²) in [6, 6.07) is 0. The van der Waals surface area contributed by atoms with Crippen LogP contribution < -0.4 is 0 Å². The molecule has 0 saturated heterocycles. The lowest BCUT2D eigenvalue weighted by Crippen LogP contribution is -2.51. The van der Waals surface area contributed by atoms with Crippen molar-refractivity contribution >= 4 is 5.97 Å². The van der Waals surface area contributed by atoms with Gasteiger partial charge in [0.25, 0.3) is 0 Å². The van der Waals surface area contributed by atoms with Crippen molar-refractivity contribution in [3.05, 3.63) is 11.6 Å². The van der Waals surface area contributed by atoms with Crippen molar-refractivity contribution in [3.63, 3.8) is 0 Å². The smallest absolute Gasteiger partial charge is 0.306 e. The first-order chi connectivity index (χ1) is 18.7. The maximum Gasteiger partial charge on any atom is 0.306 e. The van der Waals surface area contributed by atoms with E-state index in [0.717, 1.165) is 54.8 Å². The van der Waals surface area contributed by atoms with E-state index < -0.39 is 0 Å². The third kappa shape index (κ3) is 7.17. The van der Waals surface area contributed by atoms with Gasteiger partial charge in [0.1, 0.15) is 6.10 Å². The van der Waals surface area contributed by atoms with Crippen molar-refractivity contribution < 1.29 is 9.53 Å². The van der Waals surface area contributed by atoms with Crippen LogP contribution >= 0.6 is 0 Å². The van der Waals surface area contributed by atoms with Crippen LogP contribution in [0.25, 0.3) is 0 Å². The second kappa shape index (κ2) is 13.9. The summed E-state index contributed by atoms with van der Waals surface area (Å²) in [5.41, 5.74) is 2.54. The predicted octanol–water partition coefficient (Wildman–Crippen LogP) is 11.1. The van der Waals surface area contributed by atoms with Crippen molar-refractivity contribution in [1.29, 1.82) is 0 Å². The second-order valence-corrected chi connectivity index (χ2v) is 15.5. The zero-order chi connectivity index (χ0) is 28.0. The largest absolute Gasteiger partial charge is 0.462 e. The highest BCUT2D eigenvalue weighted by Crippen LogP contribution is 2.67. The first-order valence-corrected chi connectivity index (χ1v) is 17.6. The van der Waals surface area contributed by atoms with Crippen molar-refractivity contribution in [3.8, 4) is 0 Å². The first kappa shape index (κ1) is 31.2. The van der Waals surface area contributed by atoms with E-state index in [4.69, 9.17) is 4.74 Å². The van der Waals surface area contributed by atoms with Gasteiger partial charge in [-0.15, -0.1) is 0 Å². The Morgan fingerprint density at radius 2 is 1.64 bits per heavy atom. The third-order valence-electron chi connectivity index (χ3n) is 12.5. The molecule has 4 aliphatic carbocycles. The minimum atomic E-state index is 0.0550. The van der Waals surface area contributed by atoms with E-state index in [1.54, 1.807) is 5.57 Å². The van der Waals surface area contributed by atoms with E-state index in [1.165, 1.54) is 96.3 Å². The average Bonchev–Trinajstić information content (AvgIpc) is 3.25. The molecule has 0 aromatic carbocycles. The molecule has 4 aliphatic rings. The summed E-state index contributed by atoms with van der Waals surface area (Å²) in [6.45, 7) is 14.9. The number of fused-ring (bicyclic) bond motifs is 5. The summed E-state index contributed by atoms with van der Waals surface area (Å²) in [7, 11) is 0. The zero-order valence-corrected chi connectivity index (χ0v) is 26.9. The van der Waals surface area contributed by atoms with Crippen LogP contribution in [0.4, 0.5) is 0 Å². The molecular formula is C37H64O2. The number of hydrogen-bond acceptors (Lipinski definition) is 2. The lowest BCUT2D eigenvalue weighted by molar-refractivity contribution is -0.151. The standard InChI is InChI=1S/C37H64O2/c1-7-8-9-10-11-12-13-17-35(38)39-30-22-24-36(5)29(26-30)18-19-31-33-21-20-32(28(4)16-14-15-27(2)3)37(33,6)25-23-34(31)36/h18,27-28,30-34H,7-17,19-26H2,1-6H3/t28-,30+,31+,32-,33+,34+,36-,37+/m1/s1. The number of hydrogen-bond donors (Lipinski definition) is 0. The Hall–Kier alpha value is -0.790. The molecule has 224 valence electrons. The molecule has 0 spiro atoms. The SMILES string of the molecule is CCCCCCCCCC(=O)O[C@H]1CC[C@]2(C)C(=CC[C@H]3[C@@H]4CC[C@H]([C@H](C)CCCC(C)C)[C@]4(C)CC[C@@H]32)C1. The van der Waals surface area contributed by atoms with Crippen LogP contribution in [-0.4, -0.2) is 12.1 Å². The van der Waals surface area contributed by atoms with Gasteiger partial charge in [-0.1, -0.05) is 111 Å². The summed E-state index contributed by atoms with van der Waals surface area (Å²) in [5, 5.41) is 0. The van der Waals surface area contributed by atoms with Gasteiger partial charge in [-0.2, -0.15) is 0 Å². The Labute approximate surface area is 242 Å². The number of unbranched alkanes of at least 4 members (excludes halogenated alkanes) is 6. The molecular weight excluding hydrogens is 476 g/mol. The van der Waals surface area contributed by atoms with Crippen molar-refractivity contribution in [2.45, 2.75) is 170 Å². The van der Waals surface area contributed by atoms with Gasteiger partial charge in [-0.3, -0.25) is 4.79 Å². The first-order valence-electron chi connectivity index (χ1n) is 17.6. The van der Waals surface area contributed by atoms with Crippen molar-refractivity contribution in [2.75, 3.05) is 0 Å². The lowest BCUT2D eigenvalue weighted by atomic mass is 9.47. The van der Waals surface area contributed by atoms with Crippen molar-refractivity contribution in [2.24, 2.45) is 46.3 Å². The Morgan fingerprint density at radius 3 is 2.38 bits per heavy atom. The molecule has 3 saturated carbocycles. The van der Waals surface area contributed by atoms with Crippen LogP contribution in [0.3, 0.4) is 0 Å². The molecule has 0 bridgehead atoms. The van der Waals surface area contributed by atoms with E-state index in [-0.39, 0.29) is 12.1 Å². The van der Waals surface area contributed by atoms with Crippen LogP contribution in [0.15, 0.2) is 11.6 Å². The Morgan fingerprint density at radius 1 is 0.897 bits per heavy atom. The molecule has 3 fully saturated rings. The van der Waals surface area contributed by atoms with Crippen LogP contribution in [0.1, 0.15) is 164 Å². The number of ether oxygens (including phenoxy) is 1. The Balaban J connectivity index is 1.29. The fourth-order valence-electron chi connectivity index (χ4n) is 10.2. The van der Waals surface area contributed by atoms with E-state index in [9.17, 15) is 4.79 Å². The highest BCUT2D eigenvalue weighted by molar-refractivity contribution is 5.69. The number of esters is 1. The molecule has 4 rings (SSSR count). The summed E-state index contributed by atoms with van der Waals surface area (Å²) in [5.74, 6) is 5.34. The van der Waals surface area contributed by atoms with Gasteiger partial charge in [-0.25, -0.2) is 0 Å². The summed E-state index contributed by atoms with van der Waals surface area (Å²) in [4.78, 5) is 12.6. The predicted molar refractivity (Wildman–Crippen MR) is 166 cm³/mol. The van der Waals surface area contributed by atoms with Gasteiger partial charge < -0.3 is 4.74 Å². The highest BCUT2D eigenvalue weighted by Gasteiger charge is 2.59. The Bertz CT molecular complexity index is 812. The van der Waals surface area contributed by atoms with E-state index in [2.05, 4.69) is 47.6 Å². The minimum absolute atomic E-state index is 0.0550. The monoisotopic (exact) mass is 540 g/mol. The topological polar surface area (TPSA) is 26.3 Å². The van der Waals surface area contributed by atoms with Gasteiger partial charge in [-0.05, 0) is 97.7 Å². The van der Waals surface area contributed by atoms with Crippen LogP contribution in [0.5, 0.6) is 0 Å². The van der Waals surface area contributed by atoms with Gasteiger partial charge in [0.2, 0.25) is 0 Å². The molecule has 0 amide bonds. The summed E-state index contributed by atoms with van der Waals surface area (Å²) >= 11 is 0. The van der Waals surface area contributed by atoms with E-state index >= 15 is 0 Å². The number of carbonyl (C=O) groups is 1. The Kier molecular flexibility index (Phi) is 11.1. The molecule has 8 atom stereocenters. The van der Waals surface area contributed by atoms with E-state index in [1.807, 2.05) is 0 Å². The molecule has 39 heavy (non-hydrogen) atoms. The van der Waals surface area contributed by atoms with Crippen molar-refractivity contribution in [1.82, 2.24) is 0 Å². The molecule has 0 unspecified atom stereocenters. The van der Waals surface area contributed by atoms with Gasteiger partial charge >= 0.3 is 5.97 Å². The molecule has 2 nitrogen and oxygen atoms in total. The molecule has 0 N–H and O–H groups in total. The van der Waals surface area contributed by atoms with Gasteiger partial charge in [0, 0.05) is 12.8 Å². The number of carbonyl (C=O) groups excluding carboxylic acids is 1. The molecule has 0 heterocycles. The van der Waals surface area contributed by atoms with E-state index in [0.29, 0.717) is 17.3 Å². The fourth-order valence-corrected chi connectivity index (χ4v) is 10.2. The maximum absolute atomic E-state index is 12.6. The minimum Gasteiger partial charge on any atom is -0.462 e. The molecule has 0 aromatic rings. The highest BCUT2D eigenvalue weighted by atomic mass is 16.5. The average molecular weight is 541 g/mol. The van der Waals surface area contributed by atoms with Crippen LogP contribution in [0, 0.1) is 46.3 Å². The normalized spacial score (nSPS) is 36.6. The molecule has 0 radical (unpaired) electrons. The van der Waals surface area contributed by atoms with Crippen LogP contribution in [0.2, 0.25) is 0 Å². The molecule has 2 heteroatoms. The van der Waals surface area contributed by atoms with Crippen LogP contribution in [-0.2, 0) is 9.53 Å². The third-order valence-corrected chi connectivity index (χ3v) is 12.5. The fraction of sp³-hybridized carbons (Fsp3) is 0.919. The molecule has 0 aromatic heterocycles. The molecule has 0 aliphatic heterocycles. The number of allylic oxidation sites excluding steroid dienone is 1. The summed E-state index contributed by atoms with van der Waals surface area (Å²) in [6.07, 6.45) is 26.7. The van der Waals surface area contributed by atoms with Gasteiger partial charge in [0.05, 0.1) is 0 Å². The lowest BCUT2D eigenvalue weighted by Gasteiger charge is -2.58. The second-order valence-electron chi connectivity index (χ2n) is 15.5. The number of rotatable bonds is 14. The summed E-state index contributed by atoms with van der Waals surface area (Å²) < 4.78 is 6.06.